The molecule has 0 aliphatic heterocycles. The number of likely N-dealkylation sites (N-methyl/N-ethyl adjacent to an activating group) is 1. The third kappa shape index (κ3) is 5.36. The minimum atomic E-state index is -0.253. The fraction of sp³-hybridized carbons (Fsp3) is 1.00. The number of hydrogen-bond donors (Lipinski definition) is 2. The van der Waals surface area contributed by atoms with E-state index in [0.717, 1.165) is 12.5 Å². The summed E-state index contributed by atoms with van der Waals surface area (Å²) < 4.78 is 0. The second-order valence-corrected chi connectivity index (χ2v) is 5.99. The maximum absolute atomic E-state index is 9.98. The Kier molecular flexibility index (Phi) is 6.45. The predicted octanol–water partition coefficient (Wildman–Crippen LogP) is 1.86. The summed E-state index contributed by atoms with van der Waals surface area (Å²) in [6.45, 7) is 8.05. The summed E-state index contributed by atoms with van der Waals surface area (Å²) in [5.74, 6) is 0.777. The molecule has 3 unspecified atom stereocenters. The first-order valence-corrected chi connectivity index (χ1v) is 7.12. The number of aliphatic hydroxyl groups is 1. The van der Waals surface area contributed by atoms with Gasteiger partial charge >= 0.3 is 0 Å². The Balaban J connectivity index is 2.29. The van der Waals surface area contributed by atoms with Crippen LogP contribution in [-0.2, 0) is 0 Å². The summed E-state index contributed by atoms with van der Waals surface area (Å²) in [6, 6.07) is 1.11. The first-order chi connectivity index (χ1) is 8.00. The van der Waals surface area contributed by atoms with Crippen molar-refractivity contribution in [3.05, 3.63) is 0 Å². The summed E-state index contributed by atoms with van der Waals surface area (Å²) in [7, 11) is 2.16. The lowest BCUT2D eigenvalue weighted by Crippen LogP contribution is -2.45. The van der Waals surface area contributed by atoms with Crippen LogP contribution in [0.2, 0.25) is 0 Å². The molecule has 0 radical (unpaired) electrons. The third-order valence-electron chi connectivity index (χ3n) is 3.89. The average Bonchev–Trinajstić information content (AvgIpc) is 2.26. The highest BCUT2D eigenvalue weighted by Crippen LogP contribution is 2.27. The number of rotatable bonds is 6. The van der Waals surface area contributed by atoms with Crippen LogP contribution >= 0.6 is 0 Å². The number of aliphatic hydroxyl groups excluding tert-OH is 1. The Morgan fingerprint density at radius 2 is 1.94 bits per heavy atom. The molecule has 17 heavy (non-hydrogen) atoms. The van der Waals surface area contributed by atoms with E-state index in [1.54, 1.807) is 0 Å². The Hall–Kier alpha value is -0.120. The zero-order chi connectivity index (χ0) is 12.8. The normalized spacial score (nSPS) is 27.7. The van der Waals surface area contributed by atoms with Gasteiger partial charge in [0.2, 0.25) is 0 Å². The van der Waals surface area contributed by atoms with Crippen molar-refractivity contribution in [3.63, 3.8) is 0 Å². The molecule has 1 aliphatic carbocycles. The minimum Gasteiger partial charge on any atom is -0.390 e. The smallest absolute Gasteiger partial charge is 0.0791 e. The maximum Gasteiger partial charge on any atom is 0.0791 e. The van der Waals surface area contributed by atoms with Gasteiger partial charge in [0.25, 0.3) is 0 Å². The summed E-state index contributed by atoms with van der Waals surface area (Å²) in [5, 5.41) is 13.3. The van der Waals surface area contributed by atoms with Gasteiger partial charge in [0.05, 0.1) is 6.10 Å². The van der Waals surface area contributed by atoms with E-state index in [9.17, 15) is 5.11 Å². The van der Waals surface area contributed by atoms with Crippen LogP contribution in [0, 0.1) is 5.92 Å². The van der Waals surface area contributed by atoms with E-state index < -0.39 is 0 Å². The van der Waals surface area contributed by atoms with Crippen molar-refractivity contribution >= 4 is 0 Å². The third-order valence-corrected chi connectivity index (χ3v) is 3.89. The molecule has 3 atom stereocenters. The van der Waals surface area contributed by atoms with Crippen LogP contribution in [0.25, 0.3) is 0 Å². The molecule has 1 saturated carbocycles. The lowest BCUT2D eigenvalue weighted by molar-refractivity contribution is 0.0701. The molecule has 0 spiro atoms. The molecule has 0 aromatic carbocycles. The Bertz CT molecular complexity index is 208. The molecule has 0 bridgehead atoms. The van der Waals surface area contributed by atoms with Crippen LogP contribution in [-0.4, -0.2) is 48.3 Å². The lowest BCUT2D eigenvalue weighted by Gasteiger charge is -2.37. The van der Waals surface area contributed by atoms with Crippen molar-refractivity contribution in [2.75, 3.05) is 20.1 Å². The van der Waals surface area contributed by atoms with Crippen LogP contribution < -0.4 is 5.32 Å². The van der Waals surface area contributed by atoms with Gasteiger partial charge in [-0.1, -0.05) is 33.6 Å². The van der Waals surface area contributed by atoms with Gasteiger partial charge < -0.3 is 15.3 Å². The van der Waals surface area contributed by atoms with E-state index in [2.05, 4.69) is 38.0 Å². The molecule has 0 heterocycles. The molecular formula is C14H30N2O. The van der Waals surface area contributed by atoms with Crippen molar-refractivity contribution in [1.82, 2.24) is 10.2 Å². The fourth-order valence-electron chi connectivity index (χ4n) is 2.86. The minimum absolute atomic E-state index is 0.253. The second kappa shape index (κ2) is 7.34. The molecule has 1 rings (SSSR count). The zero-order valence-electron chi connectivity index (χ0n) is 11.9. The molecule has 0 aromatic heterocycles. The maximum atomic E-state index is 9.98. The lowest BCUT2D eigenvalue weighted by atomic mass is 9.85. The van der Waals surface area contributed by atoms with E-state index in [4.69, 9.17) is 0 Å². The quantitative estimate of drug-likeness (QED) is 0.746. The zero-order valence-corrected chi connectivity index (χ0v) is 11.9. The van der Waals surface area contributed by atoms with E-state index in [-0.39, 0.29) is 6.10 Å². The largest absolute Gasteiger partial charge is 0.390 e. The first-order valence-electron chi connectivity index (χ1n) is 7.12. The van der Waals surface area contributed by atoms with Gasteiger partial charge in [-0.15, -0.1) is 0 Å². The van der Waals surface area contributed by atoms with Gasteiger partial charge in [-0.3, -0.25) is 0 Å². The molecule has 3 nitrogen and oxygen atoms in total. The number of hydrogen-bond acceptors (Lipinski definition) is 3. The van der Waals surface area contributed by atoms with Gasteiger partial charge in [0.1, 0.15) is 0 Å². The van der Waals surface area contributed by atoms with Crippen LogP contribution in [0.1, 0.15) is 46.5 Å². The SMILES string of the molecule is CC(C)NCC(O)CN(C)C1CCCCC1C. The van der Waals surface area contributed by atoms with Crippen LogP contribution in [0.4, 0.5) is 0 Å². The molecule has 1 aliphatic rings. The molecule has 1 fully saturated rings. The Labute approximate surface area is 107 Å². The number of nitrogens with zero attached hydrogens (tertiary/aromatic N) is 1. The molecule has 102 valence electrons. The average molecular weight is 242 g/mol. The van der Waals surface area contributed by atoms with Gasteiger partial charge in [0, 0.05) is 25.2 Å². The molecule has 2 N–H and O–H groups in total. The number of nitrogens with one attached hydrogen (secondary N) is 1. The topological polar surface area (TPSA) is 35.5 Å². The van der Waals surface area contributed by atoms with Crippen molar-refractivity contribution in [1.29, 1.82) is 0 Å². The Morgan fingerprint density at radius 1 is 1.29 bits per heavy atom. The van der Waals surface area contributed by atoms with E-state index in [0.29, 0.717) is 18.6 Å². The fourth-order valence-corrected chi connectivity index (χ4v) is 2.86. The second-order valence-electron chi connectivity index (χ2n) is 5.99. The molecule has 0 saturated heterocycles. The van der Waals surface area contributed by atoms with Crippen LogP contribution in [0.5, 0.6) is 0 Å². The molecule has 0 amide bonds. The monoisotopic (exact) mass is 242 g/mol. The van der Waals surface area contributed by atoms with E-state index in [1.807, 2.05) is 0 Å². The predicted molar refractivity (Wildman–Crippen MR) is 73.2 cm³/mol. The summed E-state index contributed by atoms with van der Waals surface area (Å²) >= 11 is 0. The van der Waals surface area contributed by atoms with Crippen LogP contribution in [0.15, 0.2) is 0 Å². The highest BCUT2D eigenvalue weighted by atomic mass is 16.3. The summed E-state index contributed by atoms with van der Waals surface area (Å²) in [6.07, 6.45) is 5.11. The molecule has 3 heteroatoms. The molecular weight excluding hydrogens is 212 g/mol. The van der Waals surface area contributed by atoms with Crippen molar-refractivity contribution < 1.29 is 5.11 Å². The van der Waals surface area contributed by atoms with Crippen LogP contribution in [0.3, 0.4) is 0 Å². The Morgan fingerprint density at radius 3 is 2.53 bits per heavy atom. The van der Waals surface area contributed by atoms with Crippen molar-refractivity contribution in [3.8, 4) is 0 Å². The van der Waals surface area contributed by atoms with E-state index in [1.165, 1.54) is 25.7 Å². The first kappa shape index (κ1) is 14.9. The summed E-state index contributed by atoms with van der Waals surface area (Å²) in [4.78, 5) is 2.36. The van der Waals surface area contributed by atoms with E-state index >= 15 is 0 Å². The van der Waals surface area contributed by atoms with Gasteiger partial charge in [-0.05, 0) is 25.8 Å². The van der Waals surface area contributed by atoms with Gasteiger partial charge in [-0.2, -0.15) is 0 Å². The van der Waals surface area contributed by atoms with Gasteiger partial charge in [0.15, 0.2) is 0 Å². The van der Waals surface area contributed by atoms with Crippen molar-refractivity contribution in [2.24, 2.45) is 5.92 Å². The highest BCUT2D eigenvalue weighted by Gasteiger charge is 2.25. The van der Waals surface area contributed by atoms with Crippen molar-refractivity contribution in [2.45, 2.75) is 64.6 Å². The standard InChI is InChI=1S/C14H30N2O/c1-11(2)15-9-13(17)10-16(4)14-8-6-5-7-12(14)3/h11-15,17H,5-10H2,1-4H3. The molecule has 0 aromatic rings. The highest BCUT2D eigenvalue weighted by molar-refractivity contribution is 4.81. The summed E-state index contributed by atoms with van der Waals surface area (Å²) in [5.41, 5.74) is 0. The van der Waals surface area contributed by atoms with Gasteiger partial charge in [-0.25, -0.2) is 0 Å².